The summed E-state index contributed by atoms with van der Waals surface area (Å²) in [4.78, 5) is 0. The van der Waals surface area contributed by atoms with Crippen LogP contribution in [0.5, 0.6) is 5.75 Å². The van der Waals surface area contributed by atoms with E-state index >= 15 is 0 Å². The van der Waals surface area contributed by atoms with Crippen LogP contribution >= 0.6 is 0 Å². The first-order valence-corrected chi connectivity index (χ1v) is 2.83. The van der Waals surface area contributed by atoms with E-state index in [0.717, 1.165) is 0 Å². The molecule has 1 nitrogen and oxygen atoms in total. The van der Waals surface area contributed by atoms with Crippen molar-refractivity contribution in [1.29, 1.82) is 0 Å². The van der Waals surface area contributed by atoms with E-state index in [2.05, 4.69) is 17.1 Å². The zero-order chi connectivity index (χ0) is 6.69. The summed E-state index contributed by atoms with van der Waals surface area (Å²) in [6.45, 7) is 0. The van der Waals surface area contributed by atoms with E-state index in [1.807, 2.05) is 0 Å². The first-order chi connectivity index (χ1) is 4.34. The first kappa shape index (κ1) is 6.42. The topological polar surface area (TPSA) is 9.23 Å². The highest BCUT2D eigenvalue weighted by atomic mass is 32.1. The van der Waals surface area contributed by atoms with Gasteiger partial charge in [-0.2, -0.15) is 0 Å². The van der Waals surface area contributed by atoms with Crippen LogP contribution in [0.25, 0.3) is 0 Å². The first-order valence-electron chi connectivity index (χ1n) is 2.42. The molecular formula is C6H6FOS+. The van der Waals surface area contributed by atoms with Crippen LogP contribution in [0, 0.1) is 5.82 Å². The Labute approximate surface area is 58.1 Å². The molecule has 0 unspecified atom stereocenters. The van der Waals surface area contributed by atoms with Crippen LogP contribution in [0.15, 0.2) is 24.3 Å². The maximum Gasteiger partial charge on any atom is 0.222 e. The molecule has 9 heavy (non-hydrogen) atoms. The molecule has 0 aliphatic rings. The summed E-state index contributed by atoms with van der Waals surface area (Å²) < 4.78 is 16.9. The maximum atomic E-state index is 12.4. The number of hydrogen-bond acceptors (Lipinski definition) is 1. The smallest absolute Gasteiger partial charge is 0.222 e. The van der Waals surface area contributed by atoms with Gasteiger partial charge < -0.3 is 0 Å². The van der Waals surface area contributed by atoms with Crippen molar-refractivity contribution < 1.29 is 8.57 Å². The van der Waals surface area contributed by atoms with E-state index in [4.69, 9.17) is 0 Å². The summed E-state index contributed by atoms with van der Waals surface area (Å²) in [7, 11) is 0. The van der Waals surface area contributed by atoms with Crippen molar-refractivity contribution in [2.45, 2.75) is 0 Å². The zero-order valence-corrected chi connectivity index (χ0v) is 5.60. The predicted octanol–water partition coefficient (Wildman–Crippen LogP) is 1.13. The fourth-order valence-electron chi connectivity index (χ4n) is 0.528. The Kier molecular flexibility index (Phi) is 1.95. The summed E-state index contributed by atoms with van der Waals surface area (Å²) in [6.07, 6.45) is 0. The molecule has 0 aliphatic carbocycles. The van der Waals surface area contributed by atoms with Crippen LogP contribution in [0.3, 0.4) is 0 Å². The third-order valence-corrected chi connectivity index (χ3v) is 1.17. The van der Waals surface area contributed by atoms with Gasteiger partial charge in [-0.3, -0.25) is 4.18 Å². The standard InChI is InChI=1S/C6H5FOS/c7-5-3-1-2-4-6(5)8-9/h1-4,9H/p+1. The summed E-state index contributed by atoms with van der Waals surface area (Å²) in [5.74, 6) is -0.165. The van der Waals surface area contributed by atoms with E-state index in [0.29, 0.717) is 0 Å². The molecule has 48 valence electrons. The molecule has 1 aromatic carbocycles. The van der Waals surface area contributed by atoms with Crippen LogP contribution in [0.1, 0.15) is 0 Å². The minimum absolute atomic E-state index is 0.203. The number of rotatable bonds is 1. The Morgan fingerprint density at radius 3 is 2.44 bits per heavy atom. The van der Waals surface area contributed by atoms with Crippen LogP contribution in [0.2, 0.25) is 0 Å². The highest BCUT2D eigenvalue weighted by Gasteiger charge is 1.99. The molecule has 0 heterocycles. The van der Waals surface area contributed by atoms with Gasteiger partial charge in [-0.15, -0.1) is 0 Å². The second-order valence-electron chi connectivity index (χ2n) is 1.53. The Morgan fingerprint density at radius 1 is 1.33 bits per heavy atom. The molecule has 3 heteroatoms. The Morgan fingerprint density at radius 2 is 2.00 bits per heavy atom. The van der Waals surface area contributed by atoms with E-state index in [1.165, 1.54) is 12.1 Å². The van der Waals surface area contributed by atoms with Gasteiger partial charge in [-0.1, -0.05) is 12.1 Å². The summed E-state index contributed by atoms with van der Waals surface area (Å²) in [6, 6.07) is 6.15. The Balaban J connectivity index is 3.01. The van der Waals surface area contributed by atoms with Crippen LogP contribution in [-0.4, -0.2) is 0 Å². The molecule has 0 fully saturated rings. The fourth-order valence-corrected chi connectivity index (χ4v) is 0.693. The molecule has 0 aromatic heterocycles. The van der Waals surface area contributed by atoms with Crippen LogP contribution in [0.4, 0.5) is 4.39 Å². The van der Waals surface area contributed by atoms with E-state index in [1.54, 1.807) is 12.1 Å². The summed E-state index contributed by atoms with van der Waals surface area (Å²) in [5.41, 5.74) is 0. The lowest BCUT2D eigenvalue weighted by Gasteiger charge is -1.90. The van der Waals surface area contributed by atoms with Gasteiger partial charge in [0.05, 0.1) is 0 Å². The second kappa shape index (κ2) is 2.73. The van der Waals surface area contributed by atoms with Crippen LogP contribution in [-0.2, 0) is 12.9 Å². The van der Waals surface area contributed by atoms with E-state index < -0.39 is 0 Å². The molecule has 0 atom stereocenters. The predicted molar refractivity (Wildman–Crippen MR) is 37.2 cm³/mol. The van der Waals surface area contributed by atoms with E-state index in [9.17, 15) is 4.39 Å². The van der Waals surface area contributed by atoms with Gasteiger partial charge in [-0.25, -0.2) is 4.39 Å². The van der Waals surface area contributed by atoms with Crippen molar-refractivity contribution in [2.24, 2.45) is 0 Å². The maximum absolute atomic E-state index is 12.4. The minimum Gasteiger partial charge on any atom is -0.288 e. The highest BCUT2D eigenvalue weighted by Crippen LogP contribution is 2.13. The van der Waals surface area contributed by atoms with Gasteiger partial charge in [0.15, 0.2) is 18.7 Å². The lowest BCUT2D eigenvalue weighted by molar-refractivity contribution is 0.545. The molecule has 1 rings (SSSR count). The molecule has 1 aromatic rings. The number of para-hydroxylation sites is 1. The monoisotopic (exact) mass is 145 g/mol. The van der Waals surface area contributed by atoms with Gasteiger partial charge >= 0.3 is 0 Å². The lowest BCUT2D eigenvalue weighted by Crippen LogP contribution is -1.83. The zero-order valence-electron chi connectivity index (χ0n) is 4.60. The third-order valence-electron chi connectivity index (χ3n) is 0.947. The molecule has 0 saturated carbocycles. The molecule has 0 aliphatic heterocycles. The van der Waals surface area contributed by atoms with Crippen molar-refractivity contribution in [1.82, 2.24) is 0 Å². The van der Waals surface area contributed by atoms with Crippen molar-refractivity contribution >= 4 is 12.9 Å². The summed E-state index contributed by atoms with van der Waals surface area (Å²) in [5, 5.41) is 0. The molecule has 0 saturated heterocycles. The normalized spacial score (nSPS) is 9.11. The minimum atomic E-state index is -0.368. The van der Waals surface area contributed by atoms with Gasteiger partial charge in [0.1, 0.15) is 0 Å². The van der Waals surface area contributed by atoms with E-state index in [-0.39, 0.29) is 11.6 Å². The van der Waals surface area contributed by atoms with Gasteiger partial charge in [0, 0.05) is 0 Å². The number of benzene rings is 1. The third kappa shape index (κ3) is 1.36. The molecule has 0 radical (unpaired) electrons. The highest BCUT2D eigenvalue weighted by molar-refractivity contribution is 7.53. The summed E-state index contributed by atoms with van der Waals surface area (Å²) >= 11 is 2.71. The van der Waals surface area contributed by atoms with Crippen molar-refractivity contribution in [2.75, 3.05) is 0 Å². The molecule has 0 amide bonds. The average Bonchev–Trinajstić information content (AvgIpc) is 1.89. The van der Waals surface area contributed by atoms with Crippen molar-refractivity contribution in [3.05, 3.63) is 30.1 Å². The Hall–Kier alpha value is -0.700. The molecular weight excluding hydrogens is 139 g/mol. The Bertz CT molecular complexity index is 202. The largest absolute Gasteiger partial charge is 0.288 e. The fraction of sp³-hybridized carbons (Fsp3) is 0. The van der Waals surface area contributed by atoms with Crippen LogP contribution < -0.4 is 4.18 Å². The van der Waals surface area contributed by atoms with Gasteiger partial charge in [-0.05, 0) is 12.1 Å². The molecule has 0 spiro atoms. The van der Waals surface area contributed by atoms with Crippen molar-refractivity contribution in [3.8, 4) is 5.75 Å². The average molecular weight is 145 g/mol. The second-order valence-corrected chi connectivity index (χ2v) is 1.74. The molecule has 0 N–H and O–H groups in total. The SMILES string of the molecule is Fc1ccccc1O[SH2+]. The quantitative estimate of drug-likeness (QED) is 0.538. The molecule has 0 bridgehead atoms. The van der Waals surface area contributed by atoms with Gasteiger partial charge in [0.25, 0.3) is 0 Å². The lowest BCUT2D eigenvalue weighted by atomic mass is 10.3. The number of hydrogen-bond donors (Lipinski definition) is 0. The van der Waals surface area contributed by atoms with Crippen molar-refractivity contribution in [3.63, 3.8) is 0 Å². The number of halogens is 1. The van der Waals surface area contributed by atoms with Gasteiger partial charge in [0.2, 0.25) is 5.75 Å².